The van der Waals surface area contributed by atoms with Crippen molar-refractivity contribution in [3.8, 4) is 0 Å². The quantitative estimate of drug-likeness (QED) is 0.628. The van der Waals surface area contributed by atoms with Gasteiger partial charge in [-0.25, -0.2) is 9.69 Å². The highest BCUT2D eigenvalue weighted by molar-refractivity contribution is 6.44. The van der Waals surface area contributed by atoms with Crippen LogP contribution in [0, 0.1) is 23.7 Å². The third-order valence-electron chi connectivity index (χ3n) is 6.67. The molecule has 1 N–H and O–H groups in total. The summed E-state index contributed by atoms with van der Waals surface area (Å²) in [5, 5.41) is 10.1. The highest BCUT2D eigenvalue weighted by Crippen LogP contribution is 2.58. The molecule has 4 saturated carbocycles. The van der Waals surface area contributed by atoms with Gasteiger partial charge < -0.3 is 5.11 Å². The largest absolute Gasteiger partial charge is 0.391 e. The summed E-state index contributed by atoms with van der Waals surface area (Å²) in [6, 6.07) is -0.508. The maximum Gasteiger partial charge on any atom is 0.334 e. The first-order chi connectivity index (χ1) is 11.3. The Morgan fingerprint density at radius 1 is 1.00 bits per heavy atom. The van der Waals surface area contributed by atoms with Crippen LogP contribution in [0.2, 0.25) is 0 Å². The molecule has 5 aliphatic rings. The number of carbonyl (C=O) groups excluding carboxylic acids is 3. The second-order valence-corrected chi connectivity index (χ2v) is 8.79. The van der Waals surface area contributed by atoms with Crippen LogP contribution in [-0.2, 0) is 9.59 Å². The molecule has 1 heterocycles. The summed E-state index contributed by atoms with van der Waals surface area (Å²) in [5.74, 6) is 0.231. The van der Waals surface area contributed by atoms with Gasteiger partial charge in [0, 0.05) is 0 Å². The van der Waals surface area contributed by atoms with Crippen molar-refractivity contribution < 1.29 is 19.5 Å². The minimum absolute atomic E-state index is 0.0747. The Labute approximate surface area is 142 Å². The van der Waals surface area contributed by atoms with Gasteiger partial charge in [0.2, 0.25) is 0 Å². The number of urea groups is 1. The molecule has 1 unspecified atom stereocenters. The summed E-state index contributed by atoms with van der Waals surface area (Å²) in [4.78, 5) is 40.2. The summed E-state index contributed by atoms with van der Waals surface area (Å²) in [6.07, 6.45) is 5.37. The standard InChI is InChI=1S/C18H26N2O4/c1-10(2)14(21)9-19-15(22)16(23)20(17(19)24)18-6-11-3-12(7-18)5-13(4-11)8-18/h10-14,21H,3-9H2,1-2H3. The third-order valence-corrected chi connectivity index (χ3v) is 6.67. The molecule has 1 aliphatic heterocycles. The van der Waals surface area contributed by atoms with E-state index in [1.165, 1.54) is 24.2 Å². The minimum Gasteiger partial charge on any atom is -0.391 e. The number of imide groups is 2. The van der Waals surface area contributed by atoms with Gasteiger partial charge in [-0.2, -0.15) is 0 Å². The molecule has 0 aromatic heterocycles. The number of hydrogen-bond acceptors (Lipinski definition) is 4. The van der Waals surface area contributed by atoms with Crippen molar-refractivity contribution in [3.63, 3.8) is 0 Å². The maximum absolute atomic E-state index is 12.9. The number of aliphatic hydroxyl groups excluding tert-OH is 1. The average Bonchev–Trinajstić information content (AvgIpc) is 2.69. The van der Waals surface area contributed by atoms with Gasteiger partial charge in [0.25, 0.3) is 0 Å². The first-order valence-electron chi connectivity index (χ1n) is 9.19. The number of rotatable bonds is 4. The lowest BCUT2D eigenvalue weighted by Crippen LogP contribution is -2.62. The fraction of sp³-hybridized carbons (Fsp3) is 0.833. The van der Waals surface area contributed by atoms with Crippen molar-refractivity contribution in [3.05, 3.63) is 0 Å². The smallest absolute Gasteiger partial charge is 0.334 e. The number of amides is 4. The number of carbonyl (C=O) groups is 3. The molecule has 0 aromatic rings. The average molecular weight is 334 g/mol. The van der Waals surface area contributed by atoms with E-state index in [-0.39, 0.29) is 12.5 Å². The van der Waals surface area contributed by atoms with E-state index in [9.17, 15) is 19.5 Å². The fourth-order valence-electron chi connectivity index (χ4n) is 5.82. The van der Waals surface area contributed by atoms with E-state index < -0.39 is 29.5 Å². The molecule has 132 valence electrons. The van der Waals surface area contributed by atoms with Gasteiger partial charge >= 0.3 is 17.8 Å². The van der Waals surface area contributed by atoms with Crippen molar-refractivity contribution >= 4 is 17.8 Å². The first kappa shape index (κ1) is 16.1. The van der Waals surface area contributed by atoms with Gasteiger partial charge in [0.05, 0.1) is 18.2 Å². The Morgan fingerprint density at radius 2 is 1.50 bits per heavy atom. The molecule has 0 spiro atoms. The second kappa shape index (κ2) is 5.28. The van der Waals surface area contributed by atoms with Crippen LogP contribution >= 0.6 is 0 Å². The van der Waals surface area contributed by atoms with Crippen molar-refractivity contribution in [1.29, 1.82) is 0 Å². The van der Waals surface area contributed by atoms with Crippen LogP contribution in [0.5, 0.6) is 0 Å². The van der Waals surface area contributed by atoms with E-state index in [4.69, 9.17) is 0 Å². The van der Waals surface area contributed by atoms with Gasteiger partial charge in [0.15, 0.2) is 0 Å². The van der Waals surface area contributed by atoms with Crippen LogP contribution in [0.1, 0.15) is 52.4 Å². The molecule has 4 aliphatic carbocycles. The highest BCUT2D eigenvalue weighted by Gasteiger charge is 2.61. The van der Waals surface area contributed by atoms with E-state index in [2.05, 4.69) is 0 Å². The summed E-state index contributed by atoms with van der Waals surface area (Å²) in [6.45, 7) is 3.56. The van der Waals surface area contributed by atoms with Gasteiger partial charge in [-0.15, -0.1) is 0 Å². The fourth-order valence-corrected chi connectivity index (χ4v) is 5.82. The van der Waals surface area contributed by atoms with Gasteiger partial charge in [0.1, 0.15) is 0 Å². The summed E-state index contributed by atoms with van der Waals surface area (Å²) < 4.78 is 0. The number of aliphatic hydroxyl groups is 1. The van der Waals surface area contributed by atoms with Gasteiger partial charge in [-0.1, -0.05) is 13.8 Å². The van der Waals surface area contributed by atoms with E-state index in [1.807, 2.05) is 13.8 Å². The van der Waals surface area contributed by atoms with Crippen molar-refractivity contribution in [1.82, 2.24) is 9.80 Å². The first-order valence-corrected chi connectivity index (χ1v) is 9.19. The van der Waals surface area contributed by atoms with Crippen LogP contribution in [0.15, 0.2) is 0 Å². The molecule has 1 atom stereocenters. The molecule has 0 radical (unpaired) electrons. The third kappa shape index (κ3) is 2.22. The normalized spacial score (nSPS) is 39.5. The van der Waals surface area contributed by atoms with E-state index in [0.717, 1.165) is 24.2 Å². The molecule has 1 saturated heterocycles. The second-order valence-electron chi connectivity index (χ2n) is 8.79. The summed E-state index contributed by atoms with van der Waals surface area (Å²) in [7, 11) is 0. The lowest BCUT2D eigenvalue weighted by atomic mass is 9.52. The van der Waals surface area contributed by atoms with Crippen LogP contribution in [-0.4, -0.2) is 50.9 Å². The maximum atomic E-state index is 12.9. The Balaban J connectivity index is 1.61. The number of hydrogen-bond donors (Lipinski definition) is 1. The van der Waals surface area contributed by atoms with Crippen LogP contribution in [0.25, 0.3) is 0 Å². The van der Waals surface area contributed by atoms with Gasteiger partial charge in [-0.3, -0.25) is 14.5 Å². The predicted octanol–water partition coefficient (Wildman–Crippen LogP) is 1.76. The molecular weight excluding hydrogens is 308 g/mol. The van der Waals surface area contributed by atoms with Crippen LogP contribution < -0.4 is 0 Å². The lowest BCUT2D eigenvalue weighted by molar-refractivity contribution is -0.150. The molecule has 24 heavy (non-hydrogen) atoms. The van der Waals surface area contributed by atoms with Crippen LogP contribution in [0.3, 0.4) is 0 Å². The Bertz CT molecular complexity index is 565. The van der Waals surface area contributed by atoms with Crippen molar-refractivity contribution in [2.45, 2.75) is 64.0 Å². The molecule has 6 nitrogen and oxygen atoms in total. The Morgan fingerprint density at radius 3 is 1.96 bits per heavy atom. The molecule has 6 heteroatoms. The number of nitrogens with zero attached hydrogens (tertiary/aromatic N) is 2. The van der Waals surface area contributed by atoms with Crippen molar-refractivity contribution in [2.24, 2.45) is 23.7 Å². The SMILES string of the molecule is CC(C)C(O)CN1C(=O)C(=O)N(C23CC4CC(CC(C4)C2)C3)C1=O. The van der Waals surface area contributed by atoms with E-state index >= 15 is 0 Å². The Kier molecular flexibility index (Phi) is 3.53. The summed E-state index contributed by atoms with van der Waals surface area (Å²) >= 11 is 0. The number of β-amino-alcohol motifs (C(OH)–C–C–N with tert-alkyl or cyclic N) is 1. The molecular formula is C18H26N2O4. The zero-order valence-corrected chi connectivity index (χ0v) is 14.4. The predicted molar refractivity (Wildman–Crippen MR) is 85.7 cm³/mol. The minimum atomic E-state index is -0.804. The van der Waals surface area contributed by atoms with E-state index in [0.29, 0.717) is 17.8 Å². The molecule has 5 fully saturated rings. The molecule has 4 bridgehead atoms. The topological polar surface area (TPSA) is 77.9 Å². The van der Waals surface area contributed by atoms with Crippen LogP contribution in [0.4, 0.5) is 4.79 Å². The molecule has 5 rings (SSSR count). The summed E-state index contributed by atoms with van der Waals surface area (Å²) in [5.41, 5.74) is -0.448. The van der Waals surface area contributed by atoms with Gasteiger partial charge in [-0.05, 0) is 62.2 Å². The van der Waals surface area contributed by atoms with Crippen molar-refractivity contribution in [2.75, 3.05) is 6.54 Å². The monoisotopic (exact) mass is 334 g/mol. The highest BCUT2D eigenvalue weighted by atomic mass is 16.3. The van der Waals surface area contributed by atoms with E-state index in [1.54, 1.807) is 0 Å². The Hall–Kier alpha value is -1.43. The molecule has 0 aromatic carbocycles. The lowest BCUT2D eigenvalue weighted by Gasteiger charge is -2.58. The zero-order chi connectivity index (χ0) is 17.2. The zero-order valence-electron chi connectivity index (χ0n) is 14.4. The molecule has 4 amide bonds.